The Kier molecular flexibility index (Phi) is 7.60. The summed E-state index contributed by atoms with van der Waals surface area (Å²) >= 11 is 0. The van der Waals surface area contributed by atoms with Crippen molar-refractivity contribution < 1.29 is 9.59 Å². The molecule has 5 nitrogen and oxygen atoms in total. The number of ketones is 2. The zero-order valence-corrected chi connectivity index (χ0v) is 19.2. The number of hydrogen-bond donors (Lipinski definition) is 3. The van der Waals surface area contributed by atoms with Gasteiger partial charge in [-0.15, -0.1) is 17.0 Å². The van der Waals surface area contributed by atoms with E-state index in [1.54, 1.807) is 31.3 Å². The molecule has 0 atom stereocenters. The summed E-state index contributed by atoms with van der Waals surface area (Å²) in [5.41, 5.74) is 3.02. The van der Waals surface area contributed by atoms with E-state index < -0.39 is 0 Å². The van der Waals surface area contributed by atoms with E-state index in [1.807, 2.05) is 12.1 Å². The standard InChI is InChI=1S/C23H29N3O2.BrH/c1-5-13-25-14-12-23(2,3)26-18-11-10-17(24-4)19-20(18)22(28)16-9-7-6-8-15(16)21(19)27;/h6-11,24-26H,5,12-14H2,1-4H3;1H. The predicted molar refractivity (Wildman–Crippen MR) is 125 cm³/mol. The molecule has 0 fully saturated rings. The van der Waals surface area contributed by atoms with Crippen molar-refractivity contribution in [2.75, 3.05) is 30.8 Å². The van der Waals surface area contributed by atoms with E-state index in [1.165, 1.54) is 0 Å². The molecule has 29 heavy (non-hydrogen) atoms. The fraction of sp³-hybridized carbons (Fsp3) is 0.391. The summed E-state index contributed by atoms with van der Waals surface area (Å²) in [6, 6.07) is 10.8. The molecule has 1 aliphatic rings. The number of halogens is 1. The number of nitrogens with one attached hydrogen (secondary N) is 3. The lowest BCUT2D eigenvalue weighted by Crippen LogP contribution is -2.36. The Morgan fingerprint density at radius 1 is 0.862 bits per heavy atom. The highest BCUT2D eigenvalue weighted by atomic mass is 79.9. The molecular weight excluding hydrogens is 430 g/mol. The molecule has 0 heterocycles. The van der Waals surface area contributed by atoms with Crippen LogP contribution in [0.15, 0.2) is 36.4 Å². The Hall–Kier alpha value is -2.18. The molecule has 3 N–H and O–H groups in total. The van der Waals surface area contributed by atoms with Crippen LogP contribution in [0.4, 0.5) is 11.4 Å². The molecule has 0 aromatic heterocycles. The van der Waals surface area contributed by atoms with Gasteiger partial charge in [0.15, 0.2) is 11.6 Å². The van der Waals surface area contributed by atoms with Crippen molar-refractivity contribution in [3.8, 4) is 0 Å². The highest BCUT2D eigenvalue weighted by molar-refractivity contribution is 8.93. The van der Waals surface area contributed by atoms with Gasteiger partial charge >= 0.3 is 0 Å². The molecule has 0 saturated carbocycles. The smallest absolute Gasteiger partial charge is 0.196 e. The van der Waals surface area contributed by atoms with Gasteiger partial charge in [-0.05, 0) is 51.9 Å². The first-order valence-corrected chi connectivity index (χ1v) is 9.91. The van der Waals surface area contributed by atoms with Crippen molar-refractivity contribution in [2.45, 2.75) is 39.2 Å². The molecule has 0 unspecified atom stereocenters. The van der Waals surface area contributed by atoms with Crippen molar-refractivity contribution in [1.82, 2.24) is 5.32 Å². The van der Waals surface area contributed by atoms with Gasteiger partial charge in [-0.25, -0.2) is 0 Å². The highest BCUT2D eigenvalue weighted by Crippen LogP contribution is 2.37. The number of carbonyl (C=O) groups is 2. The van der Waals surface area contributed by atoms with E-state index in [0.717, 1.165) is 25.9 Å². The topological polar surface area (TPSA) is 70.2 Å². The molecule has 6 heteroatoms. The molecule has 0 bridgehead atoms. The Labute approximate surface area is 183 Å². The van der Waals surface area contributed by atoms with Gasteiger partial charge in [0.2, 0.25) is 0 Å². The van der Waals surface area contributed by atoms with E-state index in [9.17, 15) is 9.59 Å². The first-order chi connectivity index (χ1) is 13.4. The first kappa shape index (κ1) is 23.1. The number of hydrogen-bond acceptors (Lipinski definition) is 5. The van der Waals surface area contributed by atoms with E-state index in [0.29, 0.717) is 33.6 Å². The molecule has 156 valence electrons. The van der Waals surface area contributed by atoms with Gasteiger partial charge in [0, 0.05) is 35.1 Å². The molecule has 0 aliphatic heterocycles. The number of rotatable bonds is 8. The second kappa shape index (κ2) is 9.55. The van der Waals surface area contributed by atoms with Crippen molar-refractivity contribution in [3.63, 3.8) is 0 Å². The Balaban J connectivity index is 0.00000300. The average molecular weight is 460 g/mol. The minimum absolute atomic E-state index is 0. The summed E-state index contributed by atoms with van der Waals surface area (Å²) in [6.07, 6.45) is 2.00. The van der Waals surface area contributed by atoms with Gasteiger partial charge in [0.1, 0.15) is 0 Å². The van der Waals surface area contributed by atoms with E-state index in [-0.39, 0.29) is 34.1 Å². The second-order valence-electron chi connectivity index (χ2n) is 7.87. The number of carbonyl (C=O) groups excluding carboxylic acids is 2. The monoisotopic (exact) mass is 459 g/mol. The summed E-state index contributed by atoms with van der Waals surface area (Å²) in [4.78, 5) is 26.5. The summed E-state index contributed by atoms with van der Waals surface area (Å²) < 4.78 is 0. The summed E-state index contributed by atoms with van der Waals surface area (Å²) in [5, 5.41) is 10.00. The summed E-state index contributed by atoms with van der Waals surface area (Å²) in [6.45, 7) is 8.25. The summed E-state index contributed by atoms with van der Waals surface area (Å²) in [7, 11) is 1.77. The molecule has 1 aliphatic carbocycles. The molecule has 2 aromatic carbocycles. The maximum Gasteiger partial charge on any atom is 0.196 e. The quantitative estimate of drug-likeness (QED) is 0.427. The van der Waals surface area contributed by atoms with Crippen LogP contribution in [-0.2, 0) is 0 Å². The van der Waals surface area contributed by atoms with Crippen LogP contribution in [-0.4, -0.2) is 37.2 Å². The van der Waals surface area contributed by atoms with Crippen LogP contribution in [0.5, 0.6) is 0 Å². The predicted octanol–water partition coefficient (Wildman–Crippen LogP) is 4.66. The fourth-order valence-corrected chi connectivity index (χ4v) is 3.67. The van der Waals surface area contributed by atoms with Crippen molar-refractivity contribution in [2.24, 2.45) is 0 Å². The molecule has 0 radical (unpaired) electrons. The van der Waals surface area contributed by atoms with Crippen LogP contribution < -0.4 is 16.0 Å². The third-order valence-corrected chi connectivity index (χ3v) is 5.17. The maximum absolute atomic E-state index is 13.3. The zero-order valence-electron chi connectivity index (χ0n) is 17.5. The van der Waals surface area contributed by atoms with Crippen LogP contribution in [0.3, 0.4) is 0 Å². The number of benzene rings is 2. The normalized spacial score (nSPS) is 12.7. The minimum Gasteiger partial charge on any atom is -0.388 e. The Morgan fingerprint density at radius 2 is 1.41 bits per heavy atom. The highest BCUT2D eigenvalue weighted by Gasteiger charge is 2.34. The minimum atomic E-state index is -0.226. The van der Waals surface area contributed by atoms with E-state index in [2.05, 4.69) is 36.7 Å². The molecule has 3 rings (SSSR count). The van der Waals surface area contributed by atoms with Crippen molar-refractivity contribution >= 4 is 39.9 Å². The summed E-state index contributed by atoms with van der Waals surface area (Å²) in [5.74, 6) is -0.217. The number of fused-ring (bicyclic) bond motifs is 2. The van der Waals surface area contributed by atoms with Gasteiger partial charge in [-0.1, -0.05) is 31.2 Å². The van der Waals surface area contributed by atoms with Gasteiger partial charge in [0.25, 0.3) is 0 Å². The van der Waals surface area contributed by atoms with E-state index in [4.69, 9.17) is 0 Å². The van der Waals surface area contributed by atoms with Crippen LogP contribution in [0.25, 0.3) is 0 Å². The molecule has 0 amide bonds. The molecule has 0 spiro atoms. The van der Waals surface area contributed by atoms with Gasteiger partial charge in [-0.3, -0.25) is 9.59 Å². The molecular formula is C23H30BrN3O2. The Bertz CT molecular complexity index is 909. The second-order valence-corrected chi connectivity index (χ2v) is 7.87. The van der Waals surface area contributed by atoms with Crippen LogP contribution in [0.1, 0.15) is 65.5 Å². The first-order valence-electron chi connectivity index (χ1n) is 9.91. The zero-order chi connectivity index (χ0) is 20.3. The van der Waals surface area contributed by atoms with E-state index >= 15 is 0 Å². The van der Waals surface area contributed by atoms with Gasteiger partial charge < -0.3 is 16.0 Å². The van der Waals surface area contributed by atoms with Gasteiger partial charge in [-0.2, -0.15) is 0 Å². The third kappa shape index (κ3) is 4.70. The molecule has 2 aromatic rings. The Morgan fingerprint density at radius 3 is 1.97 bits per heavy atom. The largest absolute Gasteiger partial charge is 0.388 e. The van der Waals surface area contributed by atoms with Crippen molar-refractivity contribution in [1.29, 1.82) is 0 Å². The van der Waals surface area contributed by atoms with Crippen LogP contribution in [0.2, 0.25) is 0 Å². The average Bonchev–Trinajstić information content (AvgIpc) is 2.69. The lowest BCUT2D eigenvalue weighted by atomic mass is 9.82. The SMILES string of the molecule is Br.CCCNCCC(C)(C)Nc1ccc(NC)c2c1C(=O)c1ccccc1C2=O. The van der Waals surface area contributed by atoms with Crippen molar-refractivity contribution in [3.05, 3.63) is 58.7 Å². The lowest BCUT2D eigenvalue weighted by Gasteiger charge is -2.31. The van der Waals surface area contributed by atoms with Crippen LogP contribution in [0, 0.1) is 0 Å². The fourth-order valence-electron chi connectivity index (χ4n) is 3.67. The lowest BCUT2D eigenvalue weighted by molar-refractivity contribution is 0.0980. The number of anilines is 2. The van der Waals surface area contributed by atoms with Crippen LogP contribution >= 0.6 is 17.0 Å². The molecule has 0 saturated heterocycles. The van der Waals surface area contributed by atoms with Gasteiger partial charge in [0.05, 0.1) is 11.1 Å². The third-order valence-electron chi connectivity index (χ3n) is 5.17. The maximum atomic E-state index is 13.3.